The van der Waals surface area contributed by atoms with E-state index < -0.39 is 5.91 Å². The maximum Gasteiger partial charge on any atom is 0.245 e. The lowest BCUT2D eigenvalue weighted by atomic mass is 10.1. The van der Waals surface area contributed by atoms with Gasteiger partial charge in [-0.05, 0) is 50.5 Å². The molecule has 1 amide bonds. The van der Waals surface area contributed by atoms with Gasteiger partial charge in [0.2, 0.25) is 11.8 Å². The fourth-order valence-electron chi connectivity index (χ4n) is 3.88. The summed E-state index contributed by atoms with van der Waals surface area (Å²) in [6, 6.07) is 7.45. The van der Waals surface area contributed by atoms with Crippen molar-refractivity contribution in [2.24, 2.45) is 12.8 Å². The molecule has 0 radical (unpaired) electrons. The first-order valence-electron chi connectivity index (χ1n) is 10.7. The molecule has 5 rings (SSSR count). The Kier molecular flexibility index (Phi) is 5.08. The van der Waals surface area contributed by atoms with E-state index in [1.165, 1.54) is 6.33 Å². The van der Waals surface area contributed by atoms with Crippen molar-refractivity contribution in [3.63, 3.8) is 0 Å². The second-order valence-corrected chi connectivity index (χ2v) is 9.19. The largest absolute Gasteiger partial charge is 0.470 e. The van der Waals surface area contributed by atoms with Crippen molar-refractivity contribution in [2.75, 3.05) is 0 Å². The zero-order chi connectivity index (χ0) is 23.3. The summed E-state index contributed by atoms with van der Waals surface area (Å²) in [6.07, 6.45) is 3.57. The molecule has 33 heavy (non-hydrogen) atoms. The van der Waals surface area contributed by atoms with E-state index in [0.717, 1.165) is 29.8 Å². The molecule has 0 unspecified atom stereocenters. The number of rotatable bonds is 7. The highest BCUT2D eigenvalue weighted by molar-refractivity contribution is 6.33. The Hall–Kier alpha value is -3.46. The number of hydrogen-bond acceptors (Lipinski definition) is 6. The van der Waals surface area contributed by atoms with Crippen molar-refractivity contribution >= 4 is 28.7 Å². The Bertz CT molecular complexity index is 1390. The van der Waals surface area contributed by atoms with Gasteiger partial charge < -0.3 is 15.0 Å². The Morgan fingerprint density at radius 3 is 2.70 bits per heavy atom. The fourth-order valence-corrected chi connectivity index (χ4v) is 4.17. The first kappa shape index (κ1) is 21.4. The number of imidazole rings is 1. The van der Waals surface area contributed by atoms with Gasteiger partial charge in [0.15, 0.2) is 11.2 Å². The molecule has 0 atom stereocenters. The van der Waals surface area contributed by atoms with Gasteiger partial charge in [0.25, 0.3) is 0 Å². The minimum atomic E-state index is -0.414. The van der Waals surface area contributed by atoms with Crippen LogP contribution in [0.25, 0.3) is 22.6 Å². The van der Waals surface area contributed by atoms with Crippen LogP contribution in [0.15, 0.2) is 30.6 Å². The Labute approximate surface area is 195 Å². The van der Waals surface area contributed by atoms with E-state index >= 15 is 0 Å². The minimum absolute atomic E-state index is 0.118. The monoisotopic (exact) mass is 465 g/mol. The maximum absolute atomic E-state index is 11.3. The summed E-state index contributed by atoms with van der Waals surface area (Å²) in [5, 5.41) is 4.93. The summed E-state index contributed by atoms with van der Waals surface area (Å²) in [7, 11) is 1.91. The zero-order valence-corrected chi connectivity index (χ0v) is 19.4. The summed E-state index contributed by atoms with van der Waals surface area (Å²) < 4.78 is 10.0. The lowest BCUT2D eigenvalue weighted by molar-refractivity contribution is -0.117. The lowest BCUT2D eigenvalue weighted by Crippen LogP contribution is -2.13. The van der Waals surface area contributed by atoms with Crippen molar-refractivity contribution in [3.05, 3.63) is 52.6 Å². The normalized spacial score (nSPS) is 14.5. The topological polar surface area (TPSA) is 114 Å². The molecule has 10 heteroatoms. The van der Waals surface area contributed by atoms with Crippen LogP contribution in [0.5, 0.6) is 5.88 Å². The number of aromatic nitrogens is 6. The van der Waals surface area contributed by atoms with E-state index in [0.29, 0.717) is 40.0 Å². The van der Waals surface area contributed by atoms with Crippen LogP contribution in [0.4, 0.5) is 0 Å². The third kappa shape index (κ3) is 4.16. The van der Waals surface area contributed by atoms with E-state index in [4.69, 9.17) is 27.1 Å². The van der Waals surface area contributed by atoms with Crippen LogP contribution >= 0.6 is 11.6 Å². The van der Waals surface area contributed by atoms with Gasteiger partial charge in [-0.3, -0.25) is 9.48 Å². The van der Waals surface area contributed by atoms with Crippen LogP contribution in [0.3, 0.4) is 0 Å². The van der Waals surface area contributed by atoms with Crippen molar-refractivity contribution in [1.82, 2.24) is 29.3 Å². The second-order valence-electron chi connectivity index (χ2n) is 8.78. The molecular formula is C23H24ClN7O2. The summed E-state index contributed by atoms with van der Waals surface area (Å²) in [5.74, 6) is 0.678. The van der Waals surface area contributed by atoms with E-state index in [-0.39, 0.29) is 12.0 Å². The number of carbonyl (C=O) groups excluding carboxylic acids is 1. The second kappa shape index (κ2) is 7.84. The molecule has 4 aromatic rings. The van der Waals surface area contributed by atoms with Gasteiger partial charge in [-0.25, -0.2) is 9.97 Å². The van der Waals surface area contributed by atoms with Gasteiger partial charge in [-0.2, -0.15) is 10.1 Å². The van der Waals surface area contributed by atoms with Crippen LogP contribution in [-0.2, 0) is 24.8 Å². The molecule has 1 saturated carbocycles. The van der Waals surface area contributed by atoms with Crippen molar-refractivity contribution in [2.45, 2.75) is 45.3 Å². The molecule has 1 aromatic carbocycles. The number of nitrogens with two attached hydrogens (primary N) is 1. The predicted octanol–water partition coefficient (Wildman–Crippen LogP) is 3.20. The highest BCUT2D eigenvalue weighted by Gasteiger charge is 2.41. The fraction of sp³-hybridized carbons (Fsp3) is 0.348. The number of halogens is 1. The zero-order valence-electron chi connectivity index (χ0n) is 18.7. The predicted molar refractivity (Wildman–Crippen MR) is 124 cm³/mol. The number of ether oxygens (including phenoxy) is 1. The standard InChI is InChI=1S/C23H24ClN7O2/c1-13-8-15(30(3)29-13)11-31-20(16-5-4-14(9-17(16)24)10-18(25)32)28-19-21(31)26-12-27-22(19)33-23(2)6-7-23/h4-5,8-9,12H,6-7,10-11H2,1-3H3,(H2,25,32). The number of primary amides is 1. The average molecular weight is 466 g/mol. The molecule has 3 heterocycles. The highest BCUT2D eigenvalue weighted by Crippen LogP contribution is 2.41. The van der Waals surface area contributed by atoms with Crippen molar-refractivity contribution < 1.29 is 9.53 Å². The van der Waals surface area contributed by atoms with Crippen LogP contribution in [0.1, 0.15) is 36.7 Å². The molecular weight excluding hydrogens is 442 g/mol. The van der Waals surface area contributed by atoms with Crippen LogP contribution in [0.2, 0.25) is 5.02 Å². The quantitative estimate of drug-likeness (QED) is 0.448. The van der Waals surface area contributed by atoms with Gasteiger partial charge in [-0.15, -0.1) is 0 Å². The molecule has 0 aliphatic heterocycles. The number of carbonyl (C=O) groups is 1. The van der Waals surface area contributed by atoms with E-state index in [1.807, 2.05) is 41.4 Å². The molecule has 0 bridgehead atoms. The molecule has 9 nitrogen and oxygen atoms in total. The number of amides is 1. The van der Waals surface area contributed by atoms with Crippen molar-refractivity contribution in [3.8, 4) is 17.3 Å². The number of fused-ring (bicyclic) bond motifs is 1. The summed E-state index contributed by atoms with van der Waals surface area (Å²) in [4.78, 5) is 25.1. The highest BCUT2D eigenvalue weighted by atomic mass is 35.5. The molecule has 1 aliphatic rings. The van der Waals surface area contributed by atoms with Crippen molar-refractivity contribution in [1.29, 1.82) is 0 Å². The van der Waals surface area contributed by atoms with Crippen LogP contribution < -0.4 is 10.5 Å². The SMILES string of the molecule is Cc1cc(Cn2c(-c3ccc(CC(N)=O)cc3Cl)nc3c(OC4(C)CC4)ncnc32)n(C)n1. The van der Waals surface area contributed by atoms with Gasteiger partial charge in [0.1, 0.15) is 17.8 Å². The van der Waals surface area contributed by atoms with E-state index in [1.54, 1.807) is 6.07 Å². The number of aryl methyl sites for hydroxylation is 2. The summed E-state index contributed by atoms with van der Waals surface area (Å²) >= 11 is 6.65. The van der Waals surface area contributed by atoms with Gasteiger partial charge in [0.05, 0.1) is 29.4 Å². The number of benzene rings is 1. The molecule has 170 valence electrons. The molecule has 1 fully saturated rings. The third-order valence-corrected chi connectivity index (χ3v) is 6.18. The maximum atomic E-state index is 11.3. The van der Waals surface area contributed by atoms with E-state index in [2.05, 4.69) is 22.0 Å². The Morgan fingerprint density at radius 1 is 1.27 bits per heavy atom. The minimum Gasteiger partial charge on any atom is -0.470 e. The number of hydrogen-bond donors (Lipinski definition) is 1. The Morgan fingerprint density at radius 2 is 2.06 bits per heavy atom. The van der Waals surface area contributed by atoms with Crippen LogP contribution in [0, 0.1) is 6.92 Å². The average Bonchev–Trinajstić information content (AvgIpc) is 3.21. The Balaban J connectivity index is 1.67. The molecule has 1 aliphatic carbocycles. The van der Waals surface area contributed by atoms with Gasteiger partial charge >= 0.3 is 0 Å². The van der Waals surface area contributed by atoms with E-state index in [9.17, 15) is 4.79 Å². The lowest BCUT2D eigenvalue weighted by Gasteiger charge is -2.12. The summed E-state index contributed by atoms with van der Waals surface area (Å²) in [6.45, 7) is 4.50. The molecule has 0 spiro atoms. The third-order valence-electron chi connectivity index (χ3n) is 5.87. The molecule has 2 N–H and O–H groups in total. The van der Waals surface area contributed by atoms with Crippen LogP contribution in [-0.4, -0.2) is 40.8 Å². The smallest absolute Gasteiger partial charge is 0.245 e. The first-order valence-corrected chi connectivity index (χ1v) is 11.1. The first-order chi connectivity index (χ1) is 15.7. The van der Waals surface area contributed by atoms with Gasteiger partial charge in [0, 0.05) is 12.6 Å². The van der Waals surface area contributed by atoms with Gasteiger partial charge in [-0.1, -0.05) is 17.7 Å². The molecule has 0 saturated heterocycles. The number of nitrogens with zero attached hydrogens (tertiary/aromatic N) is 6. The molecule has 3 aromatic heterocycles. The summed E-state index contributed by atoms with van der Waals surface area (Å²) in [5.41, 5.74) is 9.73.